The fourth-order valence-electron chi connectivity index (χ4n) is 1.27. The number of thiophene rings is 1. The number of halogens is 1. The molecule has 1 rings (SSSR count). The molecule has 80 valence electrons. The van der Waals surface area contributed by atoms with E-state index in [-0.39, 0.29) is 6.04 Å². The molecule has 0 bridgehead atoms. The lowest BCUT2D eigenvalue weighted by molar-refractivity contribution is 0.455. The summed E-state index contributed by atoms with van der Waals surface area (Å²) in [5.74, 6) is 0. The van der Waals surface area contributed by atoms with E-state index < -0.39 is 0 Å². The van der Waals surface area contributed by atoms with Crippen LogP contribution in [0.4, 0.5) is 0 Å². The molecule has 2 atom stereocenters. The van der Waals surface area contributed by atoms with Crippen molar-refractivity contribution in [1.82, 2.24) is 5.32 Å². The molecular weight excluding hydrogens is 260 g/mol. The van der Waals surface area contributed by atoms with Gasteiger partial charge in [0.2, 0.25) is 0 Å². The first-order chi connectivity index (χ1) is 6.69. The average molecular weight is 277 g/mol. The van der Waals surface area contributed by atoms with Gasteiger partial charge in [-0.2, -0.15) is 0 Å². The third kappa shape index (κ3) is 3.05. The maximum atomic E-state index is 5.76. The van der Waals surface area contributed by atoms with Crippen LogP contribution in [-0.2, 0) is 0 Å². The van der Waals surface area contributed by atoms with Crippen LogP contribution in [0.1, 0.15) is 31.2 Å². The Labute approximate surface area is 98.0 Å². The fourth-order valence-corrected chi connectivity index (χ4v) is 2.99. The highest BCUT2D eigenvalue weighted by molar-refractivity contribution is 9.10. The van der Waals surface area contributed by atoms with Crippen molar-refractivity contribution in [2.24, 2.45) is 5.73 Å². The maximum absolute atomic E-state index is 5.76. The van der Waals surface area contributed by atoms with Crippen molar-refractivity contribution in [3.63, 3.8) is 0 Å². The molecule has 0 aliphatic heterocycles. The minimum Gasteiger partial charge on any atom is -0.329 e. The van der Waals surface area contributed by atoms with E-state index in [4.69, 9.17) is 5.73 Å². The van der Waals surface area contributed by atoms with Crippen molar-refractivity contribution in [2.75, 3.05) is 6.54 Å². The predicted molar refractivity (Wildman–Crippen MR) is 66.7 cm³/mol. The van der Waals surface area contributed by atoms with Gasteiger partial charge in [-0.3, -0.25) is 0 Å². The second-order valence-electron chi connectivity index (χ2n) is 3.40. The Morgan fingerprint density at radius 3 is 2.79 bits per heavy atom. The van der Waals surface area contributed by atoms with Gasteiger partial charge in [-0.25, -0.2) is 0 Å². The molecular formula is C10H17BrN2S. The molecule has 4 heteroatoms. The van der Waals surface area contributed by atoms with Crippen molar-refractivity contribution in [2.45, 2.75) is 32.4 Å². The first-order valence-corrected chi connectivity index (χ1v) is 6.55. The van der Waals surface area contributed by atoms with Crippen LogP contribution in [0.25, 0.3) is 0 Å². The summed E-state index contributed by atoms with van der Waals surface area (Å²) in [4.78, 5) is 1.30. The van der Waals surface area contributed by atoms with E-state index in [1.54, 1.807) is 11.3 Å². The Morgan fingerprint density at radius 2 is 2.36 bits per heavy atom. The van der Waals surface area contributed by atoms with Crippen molar-refractivity contribution in [3.8, 4) is 0 Å². The van der Waals surface area contributed by atoms with Crippen LogP contribution >= 0.6 is 27.3 Å². The standard InChI is InChI=1S/C10H17BrN2S/c1-3-7(2)13-9(6-12)10-8(11)4-5-14-10/h4-5,7,9,13H,3,6,12H2,1-2H3. The lowest BCUT2D eigenvalue weighted by atomic mass is 10.2. The third-order valence-corrected chi connectivity index (χ3v) is 4.28. The van der Waals surface area contributed by atoms with Gasteiger partial charge in [-0.15, -0.1) is 11.3 Å². The second-order valence-corrected chi connectivity index (χ2v) is 5.20. The molecule has 0 fully saturated rings. The van der Waals surface area contributed by atoms with E-state index in [1.165, 1.54) is 4.88 Å². The van der Waals surface area contributed by atoms with Crippen molar-refractivity contribution < 1.29 is 0 Å². The lowest BCUT2D eigenvalue weighted by Crippen LogP contribution is -2.34. The highest BCUT2D eigenvalue weighted by Gasteiger charge is 2.15. The summed E-state index contributed by atoms with van der Waals surface area (Å²) in [5, 5.41) is 5.60. The normalized spacial score (nSPS) is 15.4. The molecule has 0 aromatic carbocycles. The van der Waals surface area contributed by atoms with Gasteiger partial charge >= 0.3 is 0 Å². The molecule has 2 nitrogen and oxygen atoms in total. The molecule has 0 amide bonds. The zero-order valence-corrected chi connectivity index (χ0v) is 11.0. The summed E-state index contributed by atoms with van der Waals surface area (Å²) < 4.78 is 1.16. The molecule has 1 aromatic rings. The minimum absolute atomic E-state index is 0.277. The summed E-state index contributed by atoms with van der Waals surface area (Å²) >= 11 is 5.28. The summed E-state index contributed by atoms with van der Waals surface area (Å²) in [5.41, 5.74) is 5.76. The van der Waals surface area contributed by atoms with E-state index in [0.717, 1.165) is 10.9 Å². The van der Waals surface area contributed by atoms with Crippen molar-refractivity contribution in [1.29, 1.82) is 0 Å². The molecule has 0 aliphatic rings. The molecule has 0 saturated heterocycles. The van der Waals surface area contributed by atoms with Gasteiger partial charge in [-0.05, 0) is 40.7 Å². The predicted octanol–water partition coefficient (Wildman–Crippen LogP) is 2.90. The van der Waals surface area contributed by atoms with E-state index in [9.17, 15) is 0 Å². The summed E-state index contributed by atoms with van der Waals surface area (Å²) in [7, 11) is 0. The zero-order chi connectivity index (χ0) is 10.6. The van der Waals surface area contributed by atoms with Crippen LogP contribution in [0.3, 0.4) is 0 Å². The molecule has 2 unspecified atom stereocenters. The smallest absolute Gasteiger partial charge is 0.0552 e. The summed E-state index contributed by atoms with van der Waals surface area (Å²) in [6.07, 6.45) is 1.12. The first kappa shape index (κ1) is 12.2. The van der Waals surface area contributed by atoms with Gasteiger partial charge < -0.3 is 11.1 Å². The molecule has 3 N–H and O–H groups in total. The Bertz CT molecular complexity index is 275. The van der Waals surface area contributed by atoms with Gasteiger partial charge in [0.1, 0.15) is 0 Å². The van der Waals surface area contributed by atoms with Gasteiger partial charge in [0.15, 0.2) is 0 Å². The quantitative estimate of drug-likeness (QED) is 0.868. The van der Waals surface area contributed by atoms with Crippen LogP contribution in [0.5, 0.6) is 0 Å². The Morgan fingerprint density at radius 1 is 1.64 bits per heavy atom. The van der Waals surface area contributed by atoms with E-state index in [0.29, 0.717) is 12.6 Å². The first-order valence-electron chi connectivity index (χ1n) is 4.88. The van der Waals surface area contributed by atoms with E-state index >= 15 is 0 Å². The molecule has 1 heterocycles. The minimum atomic E-state index is 0.277. The average Bonchev–Trinajstić information content (AvgIpc) is 2.60. The van der Waals surface area contributed by atoms with Crippen LogP contribution in [0, 0.1) is 0 Å². The van der Waals surface area contributed by atoms with Gasteiger partial charge in [-0.1, -0.05) is 6.92 Å². The zero-order valence-electron chi connectivity index (χ0n) is 8.59. The summed E-state index contributed by atoms with van der Waals surface area (Å²) in [6.45, 7) is 5.00. The Kier molecular flexibility index (Phi) is 5.09. The van der Waals surface area contributed by atoms with Crippen LogP contribution in [0.2, 0.25) is 0 Å². The molecule has 0 spiro atoms. The van der Waals surface area contributed by atoms with Crippen LogP contribution in [0.15, 0.2) is 15.9 Å². The number of hydrogen-bond acceptors (Lipinski definition) is 3. The monoisotopic (exact) mass is 276 g/mol. The Balaban J connectivity index is 2.67. The Hall–Kier alpha value is 0.100. The number of rotatable bonds is 5. The van der Waals surface area contributed by atoms with E-state index in [1.807, 2.05) is 0 Å². The van der Waals surface area contributed by atoms with Crippen LogP contribution < -0.4 is 11.1 Å². The molecule has 0 radical (unpaired) electrons. The number of nitrogens with one attached hydrogen (secondary N) is 1. The topological polar surface area (TPSA) is 38.0 Å². The SMILES string of the molecule is CCC(C)NC(CN)c1sccc1Br. The second kappa shape index (κ2) is 5.85. The molecule has 14 heavy (non-hydrogen) atoms. The molecule has 1 aromatic heterocycles. The van der Waals surface area contributed by atoms with Crippen LogP contribution in [-0.4, -0.2) is 12.6 Å². The summed E-state index contributed by atoms with van der Waals surface area (Å²) in [6, 6.07) is 2.86. The molecule has 0 saturated carbocycles. The van der Waals surface area contributed by atoms with Gasteiger partial charge in [0.25, 0.3) is 0 Å². The lowest BCUT2D eigenvalue weighted by Gasteiger charge is -2.20. The van der Waals surface area contributed by atoms with Gasteiger partial charge in [0, 0.05) is 21.9 Å². The highest BCUT2D eigenvalue weighted by atomic mass is 79.9. The number of nitrogens with two attached hydrogens (primary N) is 1. The fraction of sp³-hybridized carbons (Fsp3) is 0.600. The third-order valence-electron chi connectivity index (χ3n) is 2.30. The highest BCUT2D eigenvalue weighted by Crippen LogP contribution is 2.28. The van der Waals surface area contributed by atoms with Crippen molar-refractivity contribution in [3.05, 3.63) is 20.8 Å². The largest absolute Gasteiger partial charge is 0.329 e. The van der Waals surface area contributed by atoms with Gasteiger partial charge in [0.05, 0.1) is 6.04 Å². The number of hydrogen-bond donors (Lipinski definition) is 2. The molecule has 0 aliphatic carbocycles. The van der Waals surface area contributed by atoms with E-state index in [2.05, 4.69) is 46.5 Å². The van der Waals surface area contributed by atoms with Crippen molar-refractivity contribution >= 4 is 27.3 Å². The maximum Gasteiger partial charge on any atom is 0.0552 e.